The van der Waals surface area contributed by atoms with Crippen LogP contribution in [0.25, 0.3) is 49.3 Å². The summed E-state index contributed by atoms with van der Waals surface area (Å²) in [4.78, 5) is 9.13. The zero-order valence-electron chi connectivity index (χ0n) is 24.9. The van der Waals surface area contributed by atoms with Gasteiger partial charge in [-0.15, -0.1) is 0 Å². The van der Waals surface area contributed by atoms with E-state index in [4.69, 9.17) is 4.99 Å². The van der Waals surface area contributed by atoms with Crippen LogP contribution in [0.4, 0.5) is 0 Å². The molecule has 0 amide bonds. The van der Waals surface area contributed by atoms with Crippen LogP contribution >= 0.6 is 0 Å². The first-order valence-electron chi connectivity index (χ1n) is 15.1. The standard InChI is InChI=1S/C42H34N2/c1-4-39(34-22-19-32(20-23-34)31-15-9-6-10-16-31)43-41(29(3)28(2)30-13-7-5-8-14-30)35-24-21-33-25-26-37-36-17-11-12-18-40(36)44-42(37)38(33)27-35/h4-27,29,41,44H,1-2H2,3H3. The van der Waals surface area contributed by atoms with Gasteiger partial charge in [0.1, 0.15) is 0 Å². The van der Waals surface area contributed by atoms with E-state index in [0.29, 0.717) is 0 Å². The highest BCUT2D eigenvalue weighted by atomic mass is 14.8. The quantitative estimate of drug-likeness (QED) is 0.177. The summed E-state index contributed by atoms with van der Waals surface area (Å²) < 4.78 is 0. The van der Waals surface area contributed by atoms with Crippen molar-refractivity contribution in [3.8, 4) is 11.1 Å². The van der Waals surface area contributed by atoms with Gasteiger partial charge in [-0.05, 0) is 57.0 Å². The van der Waals surface area contributed by atoms with E-state index in [9.17, 15) is 0 Å². The number of rotatable bonds is 8. The first-order valence-corrected chi connectivity index (χ1v) is 15.1. The Morgan fingerprint density at radius 2 is 1.32 bits per heavy atom. The Hall–Kier alpha value is -5.47. The minimum absolute atomic E-state index is 0.0373. The van der Waals surface area contributed by atoms with Gasteiger partial charge in [-0.1, -0.05) is 147 Å². The highest BCUT2D eigenvalue weighted by Crippen LogP contribution is 2.39. The van der Waals surface area contributed by atoms with Crippen molar-refractivity contribution in [3.05, 3.63) is 175 Å². The van der Waals surface area contributed by atoms with Crippen LogP contribution < -0.4 is 0 Å². The third-order valence-corrected chi connectivity index (χ3v) is 8.79. The fourth-order valence-electron chi connectivity index (χ4n) is 6.28. The number of para-hydroxylation sites is 1. The van der Waals surface area contributed by atoms with E-state index < -0.39 is 0 Å². The number of benzene rings is 6. The number of hydrogen-bond donors (Lipinski definition) is 1. The van der Waals surface area contributed by atoms with Crippen LogP contribution in [-0.2, 0) is 0 Å². The third kappa shape index (κ3) is 5.05. The third-order valence-electron chi connectivity index (χ3n) is 8.79. The van der Waals surface area contributed by atoms with Gasteiger partial charge in [-0.25, -0.2) is 0 Å². The average molecular weight is 567 g/mol. The molecule has 0 aliphatic carbocycles. The van der Waals surface area contributed by atoms with Crippen molar-refractivity contribution in [3.63, 3.8) is 0 Å². The van der Waals surface area contributed by atoms with Crippen molar-refractivity contribution in [1.29, 1.82) is 0 Å². The summed E-state index contributed by atoms with van der Waals surface area (Å²) in [5.74, 6) is 0.0373. The number of H-pyrrole nitrogens is 1. The van der Waals surface area contributed by atoms with Crippen molar-refractivity contribution < 1.29 is 0 Å². The summed E-state index contributed by atoms with van der Waals surface area (Å²) in [6, 6.07) is 49.0. The lowest BCUT2D eigenvalue weighted by Crippen LogP contribution is -2.12. The smallest absolute Gasteiger partial charge is 0.0822 e. The van der Waals surface area contributed by atoms with Gasteiger partial charge >= 0.3 is 0 Å². The Morgan fingerprint density at radius 3 is 2.07 bits per heavy atom. The second-order valence-corrected chi connectivity index (χ2v) is 11.4. The highest BCUT2D eigenvalue weighted by molar-refractivity contribution is 6.17. The zero-order chi connectivity index (χ0) is 30.0. The van der Waals surface area contributed by atoms with Gasteiger partial charge in [-0.3, -0.25) is 4.99 Å². The summed E-state index contributed by atoms with van der Waals surface area (Å²) in [6.07, 6.45) is 1.87. The van der Waals surface area contributed by atoms with Crippen LogP contribution in [0, 0.1) is 5.92 Å². The molecule has 1 N–H and O–H groups in total. The maximum atomic E-state index is 5.44. The lowest BCUT2D eigenvalue weighted by molar-refractivity contribution is 0.586. The zero-order valence-corrected chi connectivity index (χ0v) is 24.9. The molecule has 0 aliphatic heterocycles. The number of fused-ring (bicyclic) bond motifs is 5. The molecule has 2 atom stereocenters. The highest BCUT2D eigenvalue weighted by Gasteiger charge is 2.24. The predicted molar refractivity (Wildman–Crippen MR) is 189 cm³/mol. The number of nitrogens with zero attached hydrogens (tertiary/aromatic N) is 1. The van der Waals surface area contributed by atoms with E-state index in [1.807, 2.05) is 18.2 Å². The van der Waals surface area contributed by atoms with Gasteiger partial charge in [-0.2, -0.15) is 0 Å². The van der Waals surface area contributed by atoms with E-state index in [0.717, 1.165) is 39.0 Å². The molecule has 7 aromatic rings. The molecule has 2 heteroatoms. The molecule has 2 nitrogen and oxygen atoms in total. The van der Waals surface area contributed by atoms with E-state index in [-0.39, 0.29) is 12.0 Å². The Kier molecular flexibility index (Phi) is 7.25. The number of aromatic nitrogens is 1. The van der Waals surface area contributed by atoms with Crippen LogP contribution in [0.1, 0.15) is 29.7 Å². The molecule has 212 valence electrons. The van der Waals surface area contributed by atoms with Gasteiger partial charge in [0.25, 0.3) is 0 Å². The van der Waals surface area contributed by atoms with Gasteiger partial charge in [0.15, 0.2) is 0 Å². The fourth-order valence-corrected chi connectivity index (χ4v) is 6.28. The van der Waals surface area contributed by atoms with Crippen LogP contribution in [-0.4, -0.2) is 10.7 Å². The van der Waals surface area contributed by atoms with Crippen LogP contribution in [0.2, 0.25) is 0 Å². The molecular weight excluding hydrogens is 532 g/mol. The molecule has 7 rings (SSSR count). The number of allylic oxidation sites excluding steroid dienone is 1. The van der Waals surface area contributed by atoms with Crippen LogP contribution in [0.3, 0.4) is 0 Å². The van der Waals surface area contributed by atoms with Crippen LogP contribution in [0.15, 0.2) is 164 Å². The molecule has 0 radical (unpaired) electrons. The number of hydrogen-bond acceptors (Lipinski definition) is 1. The first-order chi connectivity index (χ1) is 21.6. The summed E-state index contributed by atoms with van der Waals surface area (Å²) in [5.41, 5.74) is 9.92. The molecular formula is C42H34N2. The molecule has 0 fully saturated rings. The monoisotopic (exact) mass is 566 g/mol. The molecule has 0 aliphatic rings. The molecule has 1 heterocycles. The average Bonchev–Trinajstić information content (AvgIpc) is 3.48. The SMILES string of the molecule is C=CC(=NC(c1ccc2ccc3c4ccccc4[nH]c3c2c1)C(C)C(=C)c1ccccc1)c1ccc(-c2ccccc2)cc1. The minimum Gasteiger partial charge on any atom is -0.354 e. The molecule has 0 bridgehead atoms. The van der Waals surface area contributed by atoms with E-state index >= 15 is 0 Å². The molecule has 0 spiro atoms. The Labute approximate surface area is 258 Å². The van der Waals surface area contributed by atoms with Crippen molar-refractivity contribution in [2.24, 2.45) is 10.9 Å². The second kappa shape index (κ2) is 11.7. The summed E-state index contributed by atoms with van der Waals surface area (Å²) >= 11 is 0. The fraction of sp³-hybridized carbons (Fsp3) is 0.0714. The van der Waals surface area contributed by atoms with Crippen LogP contribution in [0.5, 0.6) is 0 Å². The normalized spacial score (nSPS) is 13.2. The number of aliphatic imine (C=N–C) groups is 1. The maximum Gasteiger partial charge on any atom is 0.0822 e. The Bertz CT molecular complexity index is 2150. The minimum atomic E-state index is -0.173. The van der Waals surface area contributed by atoms with E-state index in [2.05, 4.69) is 152 Å². The van der Waals surface area contributed by atoms with Gasteiger partial charge in [0, 0.05) is 27.6 Å². The van der Waals surface area contributed by atoms with E-state index in [1.165, 1.54) is 32.7 Å². The van der Waals surface area contributed by atoms with E-state index in [1.54, 1.807) is 0 Å². The number of nitrogens with one attached hydrogen (secondary N) is 1. The largest absolute Gasteiger partial charge is 0.354 e. The molecule has 2 unspecified atom stereocenters. The molecule has 6 aromatic carbocycles. The second-order valence-electron chi connectivity index (χ2n) is 11.4. The number of aromatic amines is 1. The maximum absolute atomic E-state index is 5.44. The molecule has 0 saturated heterocycles. The van der Waals surface area contributed by atoms with Crippen molar-refractivity contribution in [2.45, 2.75) is 13.0 Å². The van der Waals surface area contributed by atoms with Crippen molar-refractivity contribution in [1.82, 2.24) is 4.98 Å². The topological polar surface area (TPSA) is 28.1 Å². The Morgan fingerprint density at radius 1 is 0.659 bits per heavy atom. The predicted octanol–water partition coefficient (Wildman–Crippen LogP) is 11.2. The molecule has 44 heavy (non-hydrogen) atoms. The summed E-state index contributed by atoms with van der Waals surface area (Å²) in [5, 5.41) is 4.87. The summed E-state index contributed by atoms with van der Waals surface area (Å²) in [6.45, 7) is 11.0. The van der Waals surface area contributed by atoms with Gasteiger partial charge < -0.3 is 4.98 Å². The Balaban J connectivity index is 1.36. The first kappa shape index (κ1) is 27.4. The molecule has 0 saturated carbocycles. The van der Waals surface area contributed by atoms with Crippen molar-refractivity contribution in [2.75, 3.05) is 0 Å². The summed E-state index contributed by atoms with van der Waals surface area (Å²) in [7, 11) is 0. The van der Waals surface area contributed by atoms with Gasteiger partial charge in [0.05, 0.1) is 17.3 Å². The van der Waals surface area contributed by atoms with Crippen molar-refractivity contribution >= 4 is 43.9 Å². The van der Waals surface area contributed by atoms with Gasteiger partial charge in [0.2, 0.25) is 0 Å². The lowest BCUT2D eigenvalue weighted by atomic mass is 9.85. The molecule has 1 aromatic heterocycles. The lowest BCUT2D eigenvalue weighted by Gasteiger charge is -2.25.